The smallest absolute Gasteiger partial charge is 0.264 e. The second-order valence-corrected chi connectivity index (χ2v) is 7.12. The quantitative estimate of drug-likeness (QED) is 0.648. The Hall–Kier alpha value is -3.06. The van der Waals surface area contributed by atoms with E-state index in [1.54, 1.807) is 6.20 Å². The molecule has 2 aromatic carbocycles. The van der Waals surface area contributed by atoms with E-state index in [1.165, 1.54) is 6.42 Å². The van der Waals surface area contributed by atoms with Crippen LogP contribution >= 0.6 is 0 Å². The van der Waals surface area contributed by atoms with Crippen molar-refractivity contribution in [1.29, 1.82) is 5.26 Å². The minimum absolute atomic E-state index is 0.154. The van der Waals surface area contributed by atoms with Gasteiger partial charge in [0.1, 0.15) is 11.6 Å². The lowest BCUT2D eigenvalue weighted by Gasteiger charge is -2.30. The number of amides is 1. The van der Waals surface area contributed by atoms with Crippen molar-refractivity contribution < 1.29 is 4.79 Å². The number of likely N-dealkylation sites (tertiary alicyclic amines) is 1. The average molecular weight is 359 g/mol. The summed E-state index contributed by atoms with van der Waals surface area (Å²) in [6.45, 7) is 3.98. The summed E-state index contributed by atoms with van der Waals surface area (Å²) in [6, 6.07) is 21.4. The molecule has 1 aliphatic rings. The topological polar surface area (TPSA) is 56.1 Å². The molecule has 1 heterocycles. The predicted octanol–water partition coefficient (Wildman–Crippen LogP) is 4.03. The summed E-state index contributed by atoms with van der Waals surface area (Å²) in [4.78, 5) is 14.9. The zero-order chi connectivity index (χ0) is 19.1. The van der Waals surface area contributed by atoms with E-state index in [0.29, 0.717) is 5.92 Å². The van der Waals surface area contributed by atoms with Crippen LogP contribution in [0.1, 0.15) is 36.9 Å². The first-order valence-corrected chi connectivity index (χ1v) is 9.44. The Morgan fingerprint density at radius 1 is 1.15 bits per heavy atom. The molecular weight excluding hydrogens is 334 g/mol. The van der Waals surface area contributed by atoms with Crippen molar-refractivity contribution in [1.82, 2.24) is 10.2 Å². The van der Waals surface area contributed by atoms with Crippen molar-refractivity contribution in [2.45, 2.75) is 25.8 Å². The Kier molecular flexibility index (Phi) is 6.27. The number of hydrogen-bond acceptors (Lipinski definition) is 3. The van der Waals surface area contributed by atoms with Crippen LogP contribution in [0.3, 0.4) is 0 Å². The summed E-state index contributed by atoms with van der Waals surface area (Å²) in [7, 11) is 0. The minimum atomic E-state index is -0.339. The molecule has 3 rings (SSSR count). The first kappa shape index (κ1) is 18.7. The van der Waals surface area contributed by atoms with Gasteiger partial charge >= 0.3 is 0 Å². The molecule has 1 N–H and O–H groups in total. The molecule has 1 amide bonds. The van der Waals surface area contributed by atoms with Crippen molar-refractivity contribution in [2.24, 2.45) is 5.92 Å². The van der Waals surface area contributed by atoms with Crippen LogP contribution in [0.15, 0.2) is 72.4 Å². The number of nitrogens with zero attached hydrogens (tertiary/aromatic N) is 2. The molecule has 0 aliphatic carbocycles. The van der Waals surface area contributed by atoms with Crippen LogP contribution in [0.5, 0.6) is 0 Å². The Morgan fingerprint density at radius 3 is 2.26 bits per heavy atom. The van der Waals surface area contributed by atoms with E-state index >= 15 is 0 Å². The van der Waals surface area contributed by atoms with E-state index in [9.17, 15) is 10.1 Å². The molecule has 2 aromatic rings. The van der Waals surface area contributed by atoms with Gasteiger partial charge in [0.25, 0.3) is 5.91 Å². The van der Waals surface area contributed by atoms with E-state index in [-0.39, 0.29) is 17.5 Å². The van der Waals surface area contributed by atoms with Crippen molar-refractivity contribution in [2.75, 3.05) is 13.1 Å². The number of carbonyl (C=O) groups excluding carboxylic acids is 1. The normalized spacial score (nSPS) is 17.4. The van der Waals surface area contributed by atoms with Crippen LogP contribution in [0, 0.1) is 17.2 Å². The van der Waals surface area contributed by atoms with Gasteiger partial charge in [-0.2, -0.15) is 5.26 Å². The second kappa shape index (κ2) is 9.05. The third kappa shape index (κ3) is 4.98. The van der Waals surface area contributed by atoms with Gasteiger partial charge in [0.2, 0.25) is 0 Å². The molecule has 4 heteroatoms. The maximum absolute atomic E-state index is 12.9. The fraction of sp³-hybridized carbons (Fsp3) is 0.304. The van der Waals surface area contributed by atoms with Gasteiger partial charge in [0.15, 0.2) is 0 Å². The fourth-order valence-electron chi connectivity index (χ4n) is 3.52. The zero-order valence-electron chi connectivity index (χ0n) is 15.6. The third-order valence-electron chi connectivity index (χ3n) is 4.91. The highest BCUT2D eigenvalue weighted by atomic mass is 16.1. The van der Waals surface area contributed by atoms with Crippen LogP contribution in [0.25, 0.3) is 0 Å². The second-order valence-electron chi connectivity index (χ2n) is 7.12. The summed E-state index contributed by atoms with van der Waals surface area (Å²) in [5.41, 5.74) is 2.13. The first-order valence-electron chi connectivity index (χ1n) is 9.44. The Balaban J connectivity index is 1.82. The molecule has 0 saturated carbocycles. The summed E-state index contributed by atoms with van der Waals surface area (Å²) in [6.07, 6.45) is 4.01. The number of piperidine rings is 1. The minimum Gasteiger partial charge on any atom is -0.376 e. The monoisotopic (exact) mass is 359 g/mol. The fourth-order valence-corrected chi connectivity index (χ4v) is 3.52. The van der Waals surface area contributed by atoms with Crippen molar-refractivity contribution >= 4 is 5.91 Å². The van der Waals surface area contributed by atoms with Crippen LogP contribution in [-0.2, 0) is 4.79 Å². The molecule has 1 fully saturated rings. The molecule has 138 valence electrons. The number of benzene rings is 2. The van der Waals surface area contributed by atoms with Gasteiger partial charge in [-0.05, 0) is 29.9 Å². The van der Waals surface area contributed by atoms with E-state index in [1.807, 2.05) is 60.7 Å². The first-order chi connectivity index (χ1) is 13.2. The van der Waals surface area contributed by atoms with Gasteiger partial charge in [0.05, 0.1) is 6.04 Å². The molecule has 1 saturated heterocycles. The molecule has 1 aliphatic heterocycles. The van der Waals surface area contributed by atoms with Crippen LogP contribution in [0.2, 0.25) is 0 Å². The number of carbonyl (C=O) groups is 1. The molecule has 0 spiro atoms. The van der Waals surface area contributed by atoms with Crippen molar-refractivity contribution in [3.8, 4) is 6.07 Å². The van der Waals surface area contributed by atoms with Gasteiger partial charge in [-0.25, -0.2) is 0 Å². The third-order valence-corrected chi connectivity index (χ3v) is 4.91. The molecule has 0 bridgehead atoms. The maximum atomic E-state index is 12.9. The van der Waals surface area contributed by atoms with E-state index < -0.39 is 0 Å². The lowest BCUT2D eigenvalue weighted by molar-refractivity contribution is -0.117. The molecular formula is C23H25N3O. The van der Waals surface area contributed by atoms with Crippen molar-refractivity contribution in [3.63, 3.8) is 0 Å². The molecule has 0 radical (unpaired) electrons. The van der Waals surface area contributed by atoms with E-state index in [0.717, 1.165) is 30.6 Å². The largest absolute Gasteiger partial charge is 0.376 e. The Bertz CT molecular complexity index is 784. The lowest BCUT2D eigenvalue weighted by atomic mass is 9.98. The maximum Gasteiger partial charge on any atom is 0.264 e. The van der Waals surface area contributed by atoms with Crippen molar-refractivity contribution in [3.05, 3.63) is 83.6 Å². The molecule has 27 heavy (non-hydrogen) atoms. The average Bonchev–Trinajstić information content (AvgIpc) is 2.71. The summed E-state index contributed by atoms with van der Waals surface area (Å²) < 4.78 is 0. The van der Waals surface area contributed by atoms with Crippen LogP contribution in [0.4, 0.5) is 0 Å². The molecule has 1 unspecified atom stereocenters. The molecule has 0 aromatic heterocycles. The number of nitrogens with one attached hydrogen (secondary N) is 1. The van der Waals surface area contributed by atoms with Gasteiger partial charge in [-0.3, -0.25) is 4.79 Å². The van der Waals surface area contributed by atoms with Crippen LogP contribution in [-0.4, -0.2) is 23.9 Å². The highest BCUT2D eigenvalue weighted by Gasteiger charge is 2.21. The SMILES string of the molecule is CC1CCCN(/C=C(/C#N)C(=O)NC(c2ccccc2)c2ccccc2)C1. The highest BCUT2D eigenvalue weighted by molar-refractivity contribution is 5.97. The van der Waals surface area contributed by atoms with Crippen LogP contribution < -0.4 is 5.32 Å². The van der Waals surface area contributed by atoms with Gasteiger partial charge in [-0.15, -0.1) is 0 Å². The summed E-state index contributed by atoms with van der Waals surface area (Å²) >= 11 is 0. The molecule has 1 atom stereocenters. The van der Waals surface area contributed by atoms with E-state index in [4.69, 9.17) is 0 Å². The summed E-state index contributed by atoms with van der Waals surface area (Å²) in [5.74, 6) is 0.243. The predicted molar refractivity (Wildman–Crippen MR) is 107 cm³/mol. The van der Waals surface area contributed by atoms with Gasteiger partial charge in [0, 0.05) is 19.3 Å². The lowest BCUT2D eigenvalue weighted by Crippen LogP contribution is -2.33. The highest BCUT2D eigenvalue weighted by Crippen LogP contribution is 2.22. The van der Waals surface area contributed by atoms with Gasteiger partial charge < -0.3 is 10.2 Å². The van der Waals surface area contributed by atoms with Gasteiger partial charge in [-0.1, -0.05) is 67.6 Å². The van der Waals surface area contributed by atoms with E-state index in [2.05, 4.69) is 23.2 Å². The standard InChI is InChI=1S/C23H25N3O/c1-18-9-8-14-26(16-18)17-21(15-24)23(27)25-22(19-10-4-2-5-11-19)20-12-6-3-7-13-20/h2-7,10-13,17-18,22H,8-9,14,16H2,1H3,(H,25,27)/b21-17-. The molecule has 4 nitrogen and oxygen atoms in total. The summed E-state index contributed by atoms with van der Waals surface area (Å²) in [5, 5.41) is 12.6. The Morgan fingerprint density at radius 2 is 1.74 bits per heavy atom. The number of hydrogen-bond donors (Lipinski definition) is 1. The zero-order valence-corrected chi connectivity index (χ0v) is 15.6. The number of rotatable bonds is 5. The Labute approximate surface area is 161 Å². The number of nitriles is 1.